The van der Waals surface area contributed by atoms with Crippen molar-refractivity contribution in [2.75, 3.05) is 13.2 Å². The van der Waals surface area contributed by atoms with Gasteiger partial charge in [-0.25, -0.2) is 0 Å². The number of aliphatic hydroxyl groups excluding tert-OH is 6. The van der Waals surface area contributed by atoms with Gasteiger partial charge in [0.2, 0.25) is 5.91 Å². The molecule has 0 saturated carbocycles. The molecular formula is C54H107NO9. The number of unbranched alkanes of at least 4 members (excludes halogenated alkanes) is 37. The molecule has 0 aromatic heterocycles. The number of carbonyl (C=O) groups excluding carboxylic acids is 1. The van der Waals surface area contributed by atoms with Crippen molar-refractivity contribution < 1.29 is 44.9 Å². The van der Waals surface area contributed by atoms with Gasteiger partial charge < -0.3 is 45.4 Å². The summed E-state index contributed by atoms with van der Waals surface area (Å²) in [6.07, 6.45) is 41.1. The molecule has 2 unspecified atom stereocenters. The molecule has 1 aliphatic heterocycles. The fourth-order valence-corrected chi connectivity index (χ4v) is 9.32. The smallest absolute Gasteiger partial charge is 0.220 e. The molecule has 0 aromatic carbocycles. The third kappa shape index (κ3) is 33.6. The first-order chi connectivity index (χ1) is 31.3. The molecule has 1 saturated heterocycles. The number of nitrogens with one attached hydrogen (secondary N) is 1. The van der Waals surface area contributed by atoms with E-state index in [1.807, 2.05) is 0 Å². The van der Waals surface area contributed by atoms with Crippen LogP contribution < -0.4 is 5.32 Å². The second-order valence-corrected chi connectivity index (χ2v) is 19.9. The Kier molecular flexibility index (Phi) is 42.7. The predicted molar refractivity (Wildman–Crippen MR) is 264 cm³/mol. The number of rotatable bonds is 48. The van der Waals surface area contributed by atoms with Crippen LogP contribution >= 0.6 is 0 Å². The lowest BCUT2D eigenvalue weighted by Crippen LogP contribution is -2.60. The fourth-order valence-electron chi connectivity index (χ4n) is 9.32. The molecule has 1 rings (SSSR count). The van der Waals surface area contributed by atoms with E-state index in [2.05, 4.69) is 19.2 Å². The van der Waals surface area contributed by atoms with Crippen molar-refractivity contribution in [1.82, 2.24) is 5.32 Å². The minimum Gasteiger partial charge on any atom is -0.394 e. The molecule has 0 aliphatic carbocycles. The zero-order valence-electron chi connectivity index (χ0n) is 41.9. The van der Waals surface area contributed by atoms with Gasteiger partial charge in [-0.2, -0.15) is 0 Å². The third-order valence-corrected chi connectivity index (χ3v) is 13.8. The van der Waals surface area contributed by atoms with E-state index in [1.165, 1.54) is 212 Å². The van der Waals surface area contributed by atoms with E-state index in [9.17, 15) is 35.4 Å². The summed E-state index contributed by atoms with van der Waals surface area (Å²) in [5, 5.41) is 65.5. The van der Waals surface area contributed by atoms with Gasteiger partial charge in [0.25, 0.3) is 0 Å². The number of carbonyl (C=O) groups is 1. The molecule has 382 valence electrons. The molecule has 1 aliphatic rings. The van der Waals surface area contributed by atoms with Crippen LogP contribution in [0.1, 0.15) is 277 Å². The van der Waals surface area contributed by atoms with Crippen molar-refractivity contribution in [3.8, 4) is 0 Å². The first-order valence-corrected chi connectivity index (χ1v) is 27.8. The molecule has 7 N–H and O–H groups in total. The van der Waals surface area contributed by atoms with Gasteiger partial charge in [0.05, 0.1) is 25.4 Å². The molecule has 0 radical (unpaired) electrons. The van der Waals surface area contributed by atoms with Crippen LogP contribution in [-0.2, 0) is 14.3 Å². The molecule has 1 heterocycles. The number of aliphatic hydroxyl groups is 6. The Balaban J connectivity index is 2.26. The maximum atomic E-state index is 13.1. The average Bonchev–Trinajstić information content (AvgIpc) is 3.29. The summed E-state index contributed by atoms with van der Waals surface area (Å²) >= 11 is 0. The monoisotopic (exact) mass is 914 g/mol. The lowest BCUT2D eigenvalue weighted by molar-refractivity contribution is -0.303. The van der Waals surface area contributed by atoms with E-state index in [1.54, 1.807) is 0 Å². The molecule has 8 atom stereocenters. The fraction of sp³-hybridized carbons (Fsp3) is 0.981. The first-order valence-electron chi connectivity index (χ1n) is 27.8. The Morgan fingerprint density at radius 2 is 0.812 bits per heavy atom. The van der Waals surface area contributed by atoms with E-state index in [0.29, 0.717) is 6.42 Å². The summed E-state index contributed by atoms with van der Waals surface area (Å²) in [5.74, 6) is -0.250. The van der Waals surface area contributed by atoms with Gasteiger partial charge in [-0.05, 0) is 12.8 Å². The zero-order chi connectivity index (χ0) is 46.7. The summed E-state index contributed by atoms with van der Waals surface area (Å²) in [6, 6.07) is -0.986. The van der Waals surface area contributed by atoms with Crippen molar-refractivity contribution in [3.63, 3.8) is 0 Å². The largest absolute Gasteiger partial charge is 0.394 e. The minimum absolute atomic E-state index is 0.250. The van der Waals surface area contributed by atoms with E-state index in [0.717, 1.165) is 38.5 Å². The molecule has 0 aromatic rings. The lowest BCUT2D eigenvalue weighted by atomic mass is 9.98. The van der Waals surface area contributed by atoms with Gasteiger partial charge in [0, 0.05) is 6.42 Å². The molecular weight excluding hydrogens is 807 g/mol. The average molecular weight is 914 g/mol. The van der Waals surface area contributed by atoms with E-state index in [4.69, 9.17) is 9.47 Å². The summed E-state index contributed by atoms with van der Waals surface area (Å²) < 4.78 is 11.2. The predicted octanol–water partition coefficient (Wildman–Crippen LogP) is 12.0. The van der Waals surface area contributed by atoms with E-state index in [-0.39, 0.29) is 18.9 Å². The van der Waals surface area contributed by atoms with Crippen LogP contribution in [0, 0.1) is 0 Å². The SMILES string of the molecule is CCCCCCCCCCCCCCCCCCCCCCCCCC(=O)N[C@@H](CO[C@@H]1O[C@H](CO)[C@@H](O)C(O)C1O)[C@H](O)[C@H](O)CCCCCCCCCCCCCCCCCC. The number of hydrogen-bond donors (Lipinski definition) is 7. The van der Waals surface area contributed by atoms with Gasteiger partial charge in [0.1, 0.15) is 30.5 Å². The Bertz CT molecular complexity index is 988. The highest BCUT2D eigenvalue weighted by Gasteiger charge is 2.44. The maximum absolute atomic E-state index is 13.1. The molecule has 1 fully saturated rings. The first kappa shape index (κ1) is 61.2. The van der Waals surface area contributed by atoms with Crippen LogP contribution in [0.5, 0.6) is 0 Å². The highest BCUT2D eigenvalue weighted by molar-refractivity contribution is 5.76. The summed E-state index contributed by atoms with van der Waals surface area (Å²) in [4.78, 5) is 13.1. The Hall–Kier alpha value is -0.850. The minimum atomic E-state index is -1.60. The molecule has 0 bridgehead atoms. The number of ether oxygens (including phenoxy) is 2. The Morgan fingerprint density at radius 1 is 0.484 bits per heavy atom. The van der Waals surface area contributed by atoms with Crippen molar-refractivity contribution in [2.45, 2.75) is 326 Å². The Morgan fingerprint density at radius 3 is 1.16 bits per heavy atom. The van der Waals surface area contributed by atoms with Crippen LogP contribution in [-0.4, -0.2) is 98.7 Å². The summed E-state index contributed by atoms with van der Waals surface area (Å²) in [6.45, 7) is 3.65. The van der Waals surface area contributed by atoms with Gasteiger partial charge in [0.15, 0.2) is 6.29 Å². The highest BCUT2D eigenvalue weighted by Crippen LogP contribution is 2.23. The quantitative estimate of drug-likeness (QED) is 0.0294. The molecule has 64 heavy (non-hydrogen) atoms. The van der Waals surface area contributed by atoms with Crippen LogP contribution in [0.3, 0.4) is 0 Å². The second kappa shape index (κ2) is 44.6. The van der Waals surface area contributed by atoms with Crippen LogP contribution in [0.25, 0.3) is 0 Å². The van der Waals surface area contributed by atoms with Gasteiger partial charge in [-0.1, -0.05) is 258 Å². The van der Waals surface area contributed by atoms with Crippen molar-refractivity contribution in [2.24, 2.45) is 0 Å². The normalized spacial score (nSPS) is 20.4. The van der Waals surface area contributed by atoms with Gasteiger partial charge in [-0.15, -0.1) is 0 Å². The summed E-state index contributed by atoms with van der Waals surface area (Å²) in [5.41, 5.74) is 0. The molecule has 0 spiro atoms. The second-order valence-electron chi connectivity index (χ2n) is 19.9. The maximum Gasteiger partial charge on any atom is 0.220 e. The standard InChI is InChI=1S/C54H107NO9/c1-3-5-7-9-11-13-15-17-19-21-22-23-24-25-26-27-29-31-33-35-37-39-41-43-49(58)55-46(45-63-54-53(62)52(61)51(60)48(44-56)64-54)50(59)47(57)42-40-38-36-34-32-30-28-20-18-16-14-12-10-8-6-4-2/h46-48,50-54,56-57,59-62H,3-45H2,1-2H3,(H,55,58)/t46-,47+,48+,50-,51+,52?,53?,54+/m0/s1. The van der Waals surface area contributed by atoms with Crippen LogP contribution in [0.15, 0.2) is 0 Å². The topological polar surface area (TPSA) is 169 Å². The van der Waals surface area contributed by atoms with E-state index >= 15 is 0 Å². The number of amides is 1. The van der Waals surface area contributed by atoms with Crippen molar-refractivity contribution in [3.05, 3.63) is 0 Å². The van der Waals surface area contributed by atoms with Crippen molar-refractivity contribution >= 4 is 5.91 Å². The molecule has 10 nitrogen and oxygen atoms in total. The van der Waals surface area contributed by atoms with Crippen molar-refractivity contribution in [1.29, 1.82) is 0 Å². The molecule has 1 amide bonds. The third-order valence-electron chi connectivity index (χ3n) is 13.8. The number of hydrogen-bond acceptors (Lipinski definition) is 9. The molecule has 10 heteroatoms. The lowest BCUT2D eigenvalue weighted by Gasteiger charge is -2.40. The Labute approximate surface area is 394 Å². The van der Waals surface area contributed by atoms with Crippen LogP contribution in [0.2, 0.25) is 0 Å². The van der Waals surface area contributed by atoms with Gasteiger partial charge in [-0.3, -0.25) is 4.79 Å². The highest BCUT2D eigenvalue weighted by atomic mass is 16.7. The zero-order valence-corrected chi connectivity index (χ0v) is 41.9. The summed E-state index contributed by atoms with van der Waals surface area (Å²) in [7, 11) is 0. The van der Waals surface area contributed by atoms with Crippen LogP contribution in [0.4, 0.5) is 0 Å². The van der Waals surface area contributed by atoms with Gasteiger partial charge >= 0.3 is 0 Å². The van der Waals surface area contributed by atoms with E-state index < -0.39 is 55.6 Å².